The fourth-order valence-corrected chi connectivity index (χ4v) is 5.89. The number of rotatable bonds is 8. The Labute approximate surface area is 227 Å². The van der Waals surface area contributed by atoms with E-state index in [1.165, 1.54) is 16.9 Å². The lowest BCUT2D eigenvalue weighted by Crippen LogP contribution is -2.48. The number of carbonyl (C=O) groups is 2. The summed E-state index contributed by atoms with van der Waals surface area (Å²) >= 11 is 1.53. The van der Waals surface area contributed by atoms with E-state index in [9.17, 15) is 9.59 Å². The number of benzene rings is 1. The van der Waals surface area contributed by atoms with Crippen molar-refractivity contribution in [2.24, 2.45) is 5.92 Å². The van der Waals surface area contributed by atoms with E-state index in [-0.39, 0.29) is 30.0 Å². The third-order valence-corrected chi connectivity index (χ3v) is 8.35. The number of piperazine rings is 1. The predicted octanol–water partition coefficient (Wildman–Crippen LogP) is 4.90. The maximum Gasteiger partial charge on any atom is 0.415 e. The minimum absolute atomic E-state index is 0.0250. The Kier molecular flexibility index (Phi) is 7.80. The van der Waals surface area contributed by atoms with Crippen LogP contribution in [0.3, 0.4) is 0 Å². The van der Waals surface area contributed by atoms with Crippen LogP contribution in [-0.2, 0) is 16.1 Å². The first-order valence-electron chi connectivity index (χ1n) is 13.4. The highest BCUT2D eigenvalue weighted by atomic mass is 32.1. The molecule has 1 N–H and O–H groups in total. The number of thiophene rings is 1. The van der Waals surface area contributed by atoms with Gasteiger partial charge in [-0.15, -0.1) is 11.3 Å². The summed E-state index contributed by atoms with van der Waals surface area (Å²) < 4.78 is 6.27. The number of anilines is 2. The molecule has 4 heterocycles. The SMILES string of the molecule is CCC(=O)N1CCN(Cc2ccc([C@H](C)Nc3nc(N4C(=O)OC[C@@H]4C(C)C)c4sccc4n3)cc2)CC1. The normalized spacial score (nSPS) is 19.3. The van der Waals surface area contributed by atoms with E-state index in [4.69, 9.17) is 14.7 Å². The molecule has 0 saturated carbocycles. The van der Waals surface area contributed by atoms with E-state index >= 15 is 0 Å². The molecule has 2 aliphatic heterocycles. The quantitative estimate of drug-likeness (QED) is 0.438. The van der Waals surface area contributed by atoms with Crippen molar-refractivity contribution < 1.29 is 14.3 Å². The second-order valence-corrected chi connectivity index (χ2v) is 11.3. The number of aromatic nitrogens is 2. The minimum Gasteiger partial charge on any atom is -0.447 e. The van der Waals surface area contributed by atoms with E-state index in [0.717, 1.165) is 48.5 Å². The molecule has 2 saturated heterocycles. The number of fused-ring (bicyclic) bond motifs is 1. The van der Waals surface area contributed by atoms with Crippen LogP contribution in [0.5, 0.6) is 0 Å². The van der Waals surface area contributed by atoms with Crippen molar-refractivity contribution in [2.75, 3.05) is 43.0 Å². The molecule has 2 aliphatic rings. The van der Waals surface area contributed by atoms with Crippen molar-refractivity contribution >= 4 is 45.3 Å². The summed E-state index contributed by atoms with van der Waals surface area (Å²) in [5.74, 6) is 1.58. The molecule has 0 bridgehead atoms. The Bertz CT molecular complexity index is 1290. The third kappa shape index (κ3) is 5.47. The standard InChI is InChI=1S/C28H36N6O3S/c1-5-24(35)33-13-11-32(12-14-33)16-20-6-8-21(9-7-20)19(4)29-27-30-22-10-15-38-25(22)26(31-27)34-23(18(2)3)17-37-28(34)36/h6-10,15,18-19,23H,5,11-14,16-17H2,1-4H3,(H,29,30,31)/t19-,23+/m0/s1. The van der Waals surface area contributed by atoms with E-state index in [1.54, 1.807) is 4.90 Å². The van der Waals surface area contributed by atoms with Crippen molar-refractivity contribution in [2.45, 2.75) is 52.7 Å². The first kappa shape index (κ1) is 26.4. The number of nitrogens with one attached hydrogen (secondary N) is 1. The Morgan fingerprint density at radius 1 is 1.11 bits per heavy atom. The molecule has 2 atom stereocenters. The highest BCUT2D eigenvalue weighted by Crippen LogP contribution is 2.35. The monoisotopic (exact) mass is 536 g/mol. The molecule has 2 amide bonds. The Morgan fingerprint density at radius 2 is 1.84 bits per heavy atom. The topological polar surface area (TPSA) is 90.9 Å². The van der Waals surface area contributed by atoms with Crippen molar-refractivity contribution in [1.82, 2.24) is 19.8 Å². The molecule has 0 aliphatic carbocycles. The van der Waals surface area contributed by atoms with Crippen molar-refractivity contribution in [3.8, 4) is 0 Å². The largest absolute Gasteiger partial charge is 0.447 e. The van der Waals surface area contributed by atoms with Crippen LogP contribution in [0.2, 0.25) is 0 Å². The lowest BCUT2D eigenvalue weighted by molar-refractivity contribution is -0.132. The van der Waals surface area contributed by atoms with Gasteiger partial charge in [0, 0.05) is 39.1 Å². The molecule has 10 heteroatoms. The highest BCUT2D eigenvalue weighted by Gasteiger charge is 2.38. The molecule has 0 spiro atoms. The molecule has 202 valence electrons. The van der Waals surface area contributed by atoms with Gasteiger partial charge in [0.15, 0.2) is 5.82 Å². The fourth-order valence-electron chi connectivity index (χ4n) is 5.07. The lowest BCUT2D eigenvalue weighted by atomic mass is 10.0. The summed E-state index contributed by atoms with van der Waals surface area (Å²) in [6, 6.07) is 10.5. The number of amides is 2. The predicted molar refractivity (Wildman–Crippen MR) is 150 cm³/mol. The van der Waals surface area contributed by atoms with Crippen LogP contribution in [0.1, 0.15) is 51.3 Å². The summed E-state index contributed by atoms with van der Waals surface area (Å²) in [5.41, 5.74) is 3.19. The molecular formula is C28H36N6O3S. The van der Waals surface area contributed by atoms with Gasteiger partial charge in [0.05, 0.1) is 22.3 Å². The van der Waals surface area contributed by atoms with Crippen LogP contribution in [-0.4, -0.2) is 70.6 Å². The van der Waals surface area contributed by atoms with E-state index in [0.29, 0.717) is 24.8 Å². The van der Waals surface area contributed by atoms with Crippen LogP contribution >= 0.6 is 11.3 Å². The molecular weight excluding hydrogens is 500 g/mol. The van der Waals surface area contributed by atoms with Gasteiger partial charge in [0.1, 0.15) is 6.61 Å². The van der Waals surface area contributed by atoms with Crippen LogP contribution in [0, 0.1) is 5.92 Å². The second kappa shape index (κ2) is 11.2. The number of hydrogen-bond donors (Lipinski definition) is 1. The first-order valence-corrected chi connectivity index (χ1v) is 14.3. The Morgan fingerprint density at radius 3 is 2.53 bits per heavy atom. The molecule has 3 aromatic rings. The van der Waals surface area contributed by atoms with Crippen molar-refractivity contribution in [3.63, 3.8) is 0 Å². The highest BCUT2D eigenvalue weighted by molar-refractivity contribution is 7.17. The maximum atomic E-state index is 12.7. The smallest absolute Gasteiger partial charge is 0.415 e. The fraction of sp³-hybridized carbons (Fsp3) is 0.500. The molecule has 1 aromatic carbocycles. The zero-order chi connectivity index (χ0) is 26.8. The van der Waals surface area contributed by atoms with Gasteiger partial charge in [0.2, 0.25) is 11.9 Å². The van der Waals surface area contributed by atoms with Gasteiger partial charge in [-0.25, -0.2) is 9.78 Å². The van der Waals surface area contributed by atoms with Crippen molar-refractivity contribution in [3.05, 3.63) is 46.8 Å². The summed E-state index contributed by atoms with van der Waals surface area (Å²) in [4.78, 5) is 40.1. The Balaban J connectivity index is 1.27. The van der Waals surface area contributed by atoms with Crippen molar-refractivity contribution in [1.29, 1.82) is 0 Å². The molecule has 38 heavy (non-hydrogen) atoms. The van der Waals surface area contributed by atoms with E-state index < -0.39 is 0 Å². The van der Waals surface area contributed by atoms with Crippen LogP contribution < -0.4 is 10.2 Å². The zero-order valence-electron chi connectivity index (χ0n) is 22.5. The van der Waals surface area contributed by atoms with Gasteiger partial charge in [-0.3, -0.25) is 14.6 Å². The number of ether oxygens (including phenoxy) is 1. The minimum atomic E-state index is -0.356. The average Bonchev–Trinajstić information content (AvgIpc) is 3.55. The second-order valence-electron chi connectivity index (χ2n) is 10.4. The van der Waals surface area contributed by atoms with Crippen LogP contribution in [0.25, 0.3) is 10.2 Å². The van der Waals surface area contributed by atoms with Gasteiger partial charge in [-0.1, -0.05) is 45.0 Å². The van der Waals surface area contributed by atoms with Gasteiger partial charge in [-0.05, 0) is 35.4 Å². The van der Waals surface area contributed by atoms with E-state index in [1.807, 2.05) is 23.3 Å². The number of cyclic esters (lactones) is 1. The maximum absolute atomic E-state index is 12.7. The van der Waals surface area contributed by atoms with Gasteiger partial charge < -0.3 is 15.0 Å². The molecule has 5 rings (SSSR count). The molecule has 2 fully saturated rings. The lowest BCUT2D eigenvalue weighted by Gasteiger charge is -2.34. The molecule has 0 unspecified atom stereocenters. The summed E-state index contributed by atoms with van der Waals surface area (Å²) in [7, 11) is 0. The zero-order valence-corrected chi connectivity index (χ0v) is 23.3. The average molecular weight is 537 g/mol. The number of hydrogen-bond acceptors (Lipinski definition) is 8. The number of carbonyl (C=O) groups excluding carboxylic acids is 2. The first-order chi connectivity index (χ1) is 18.3. The number of nitrogens with zero attached hydrogens (tertiary/aromatic N) is 5. The van der Waals surface area contributed by atoms with Gasteiger partial charge in [0.25, 0.3) is 0 Å². The summed E-state index contributed by atoms with van der Waals surface area (Å²) in [5, 5.41) is 5.41. The summed E-state index contributed by atoms with van der Waals surface area (Å²) in [6.07, 6.45) is 0.217. The molecule has 2 aromatic heterocycles. The van der Waals surface area contributed by atoms with Crippen LogP contribution in [0.15, 0.2) is 35.7 Å². The van der Waals surface area contributed by atoms with Gasteiger partial charge in [-0.2, -0.15) is 4.98 Å². The van der Waals surface area contributed by atoms with E-state index in [2.05, 4.69) is 55.3 Å². The molecule has 0 radical (unpaired) electrons. The molecule has 9 nitrogen and oxygen atoms in total. The third-order valence-electron chi connectivity index (χ3n) is 7.45. The summed E-state index contributed by atoms with van der Waals surface area (Å²) in [6.45, 7) is 12.8. The van der Waals surface area contributed by atoms with Crippen LogP contribution in [0.4, 0.5) is 16.6 Å². The van der Waals surface area contributed by atoms with Gasteiger partial charge >= 0.3 is 6.09 Å². The Hall–Kier alpha value is -3.24.